The third kappa shape index (κ3) is 6.92. The molecule has 0 saturated heterocycles. The van der Waals surface area contributed by atoms with Crippen molar-refractivity contribution in [3.63, 3.8) is 0 Å². The number of rotatable bonds is 7. The van der Waals surface area contributed by atoms with E-state index in [9.17, 15) is 19.3 Å². The number of amides is 1. The number of nitro groups is 1. The van der Waals surface area contributed by atoms with Crippen molar-refractivity contribution in [3.05, 3.63) is 33.6 Å². The maximum absolute atomic E-state index is 13.8. The van der Waals surface area contributed by atoms with Gasteiger partial charge in [-0.25, -0.2) is 9.18 Å². The number of benzene rings is 1. The molecule has 25 heavy (non-hydrogen) atoms. The number of methoxy groups -OCH3 is 1. The van der Waals surface area contributed by atoms with Gasteiger partial charge in [-0.15, -0.1) is 0 Å². The average Bonchev–Trinajstić information content (AvgIpc) is 2.44. The number of alkyl carbamates (subject to hydrolysis) is 1. The predicted molar refractivity (Wildman–Crippen MR) is 88.1 cm³/mol. The molecule has 1 N–H and O–H groups in total. The summed E-state index contributed by atoms with van der Waals surface area (Å²) in [5, 5.41) is 13.6. The van der Waals surface area contributed by atoms with Crippen molar-refractivity contribution in [2.75, 3.05) is 13.7 Å². The number of nitrogens with zero attached hydrogens (tertiary/aromatic N) is 1. The van der Waals surface area contributed by atoms with Gasteiger partial charge in [0.1, 0.15) is 5.60 Å². The molecule has 0 aliphatic heterocycles. The van der Waals surface area contributed by atoms with Crippen LogP contribution in [-0.4, -0.2) is 36.4 Å². The first-order valence-electron chi connectivity index (χ1n) is 7.61. The van der Waals surface area contributed by atoms with Gasteiger partial charge in [0.15, 0.2) is 5.82 Å². The summed E-state index contributed by atoms with van der Waals surface area (Å²) in [5.74, 6) is -1.26. The third-order valence-corrected chi connectivity index (χ3v) is 2.88. The van der Waals surface area contributed by atoms with Crippen LogP contribution in [0.3, 0.4) is 0 Å². The molecule has 1 rings (SSSR count). The Kier molecular flexibility index (Phi) is 7.10. The smallest absolute Gasteiger partial charge is 0.407 e. The maximum atomic E-state index is 13.8. The van der Waals surface area contributed by atoms with Gasteiger partial charge < -0.3 is 19.5 Å². The molecule has 0 unspecified atom stereocenters. The number of carbonyl (C=O) groups is 1. The molecule has 1 atom stereocenters. The van der Waals surface area contributed by atoms with Crippen LogP contribution in [0, 0.1) is 15.9 Å². The lowest BCUT2D eigenvalue weighted by Crippen LogP contribution is -2.39. The van der Waals surface area contributed by atoms with E-state index in [1.165, 1.54) is 6.07 Å². The fourth-order valence-corrected chi connectivity index (χ4v) is 1.96. The van der Waals surface area contributed by atoms with E-state index in [4.69, 9.17) is 14.2 Å². The van der Waals surface area contributed by atoms with Crippen molar-refractivity contribution < 1.29 is 28.3 Å². The molecule has 8 nitrogen and oxygen atoms in total. The molecule has 1 aromatic carbocycles. The Morgan fingerprint density at radius 3 is 2.56 bits per heavy atom. The minimum absolute atomic E-state index is 0.0535. The zero-order chi connectivity index (χ0) is 19.2. The average molecular weight is 358 g/mol. The van der Waals surface area contributed by atoms with Crippen LogP contribution in [0.5, 0.6) is 5.75 Å². The molecule has 0 aromatic heterocycles. The second-order valence-corrected chi connectivity index (χ2v) is 6.45. The van der Waals surface area contributed by atoms with Gasteiger partial charge in [0.2, 0.25) is 5.75 Å². The van der Waals surface area contributed by atoms with E-state index in [1.807, 2.05) is 0 Å². The molecule has 140 valence electrons. The van der Waals surface area contributed by atoms with Crippen molar-refractivity contribution in [1.29, 1.82) is 0 Å². The van der Waals surface area contributed by atoms with Crippen LogP contribution < -0.4 is 10.1 Å². The summed E-state index contributed by atoms with van der Waals surface area (Å²) in [6.07, 6.45) is -0.574. The first-order valence-corrected chi connectivity index (χ1v) is 7.61. The zero-order valence-electron chi connectivity index (χ0n) is 14.9. The van der Waals surface area contributed by atoms with Crippen LogP contribution in [0.2, 0.25) is 0 Å². The van der Waals surface area contributed by atoms with E-state index in [2.05, 4.69) is 5.32 Å². The van der Waals surface area contributed by atoms with Crippen molar-refractivity contribution in [2.45, 2.75) is 45.9 Å². The van der Waals surface area contributed by atoms with Crippen molar-refractivity contribution in [2.24, 2.45) is 0 Å². The van der Waals surface area contributed by atoms with E-state index in [0.29, 0.717) is 0 Å². The number of ether oxygens (including phenoxy) is 3. The Morgan fingerprint density at radius 2 is 2.04 bits per heavy atom. The number of halogens is 1. The van der Waals surface area contributed by atoms with Crippen LogP contribution in [0.4, 0.5) is 14.9 Å². The first-order chi connectivity index (χ1) is 11.5. The van der Waals surface area contributed by atoms with Gasteiger partial charge >= 0.3 is 11.8 Å². The van der Waals surface area contributed by atoms with E-state index in [-0.39, 0.29) is 24.8 Å². The van der Waals surface area contributed by atoms with Gasteiger partial charge in [0.05, 0.1) is 31.3 Å². The van der Waals surface area contributed by atoms with Crippen LogP contribution in [-0.2, 0) is 16.1 Å². The quantitative estimate of drug-likeness (QED) is 0.593. The topological polar surface area (TPSA) is 99.9 Å². The molecule has 0 fully saturated rings. The SMILES string of the molecule is COc1c(F)cc(COC[C@@H](C)NC(=O)OC(C)(C)C)cc1[N+](=O)[O-]. The van der Waals surface area contributed by atoms with E-state index in [1.54, 1.807) is 27.7 Å². The largest absolute Gasteiger partial charge is 0.488 e. The number of hydrogen-bond acceptors (Lipinski definition) is 6. The number of carbonyl (C=O) groups excluding carboxylic acids is 1. The summed E-state index contributed by atoms with van der Waals surface area (Å²) in [6.45, 7) is 7.03. The van der Waals surface area contributed by atoms with E-state index < -0.39 is 33.9 Å². The molecule has 0 aliphatic rings. The van der Waals surface area contributed by atoms with Gasteiger partial charge in [-0.2, -0.15) is 0 Å². The van der Waals surface area contributed by atoms with Gasteiger partial charge in [-0.3, -0.25) is 10.1 Å². The number of nitro benzene ring substituents is 1. The lowest BCUT2D eigenvalue weighted by Gasteiger charge is -2.22. The normalized spacial score (nSPS) is 12.4. The van der Waals surface area contributed by atoms with Crippen molar-refractivity contribution >= 4 is 11.8 Å². The molecule has 0 bridgehead atoms. The van der Waals surface area contributed by atoms with Crippen molar-refractivity contribution in [3.8, 4) is 5.75 Å². The lowest BCUT2D eigenvalue weighted by atomic mass is 10.2. The Bertz CT molecular complexity index is 630. The van der Waals surface area contributed by atoms with Crippen molar-refractivity contribution in [1.82, 2.24) is 5.32 Å². The van der Waals surface area contributed by atoms with Crippen LogP contribution in [0.15, 0.2) is 12.1 Å². The maximum Gasteiger partial charge on any atom is 0.407 e. The second-order valence-electron chi connectivity index (χ2n) is 6.45. The number of hydrogen-bond donors (Lipinski definition) is 1. The summed E-state index contributed by atoms with van der Waals surface area (Å²) in [6, 6.07) is 1.94. The molecule has 0 saturated carbocycles. The highest BCUT2D eigenvalue weighted by Crippen LogP contribution is 2.31. The predicted octanol–water partition coefficient (Wildman–Crippen LogP) is 3.17. The molecule has 0 aliphatic carbocycles. The van der Waals surface area contributed by atoms with Gasteiger partial charge in [-0.05, 0) is 39.3 Å². The highest BCUT2D eigenvalue weighted by Gasteiger charge is 2.21. The summed E-state index contributed by atoms with van der Waals surface area (Å²) >= 11 is 0. The molecule has 1 amide bonds. The molecular formula is C16H23FN2O6. The summed E-state index contributed by atoms with van der Waals surface area (Å²) < 4.78 is 29.0. The third-order valence-electron chi connectivity index (χ3n) is 2.88. The summed E-state index contributed by atoms with van der Waals surface area (Å²) in [7, 11) is 1.16. The summed E-state index contributed by atoms with van der Waals surface area (Å²) in [4.78, 5) is 21.8. The zero-order valence-corrected chi connectivity index (χ0v) is 14.9. The minimum Gasteiger partial charge on any atom is -0.488 e. The minimum atomic E-state index is -0.838. The van der Waals surface area contributed by atoms with E-state index in [0.717, 1.165) is 13.2 Å². The fourth-order valence-electron chi connectivity index (χ4n) is 1.96. The first kappa shape index (κ1) is 20.6. The molecule has 1 aromatic rings. The Hall–Kier alpha value is -2.42. The fraction of sp³-hybridized carbons (Fsp3) is 0.562. The van der Waals surface area contributed by atoms with Crippen LogP contribution in [0.1, 0.15) is 33.3 Å². The molecule has 0 spiro atoms. The Labute approximate surface area is 145 Å². The highest BCUT2D eigenvalue weighted by molar-refractivity contribution is 5.68. The van der Waals surface area contributed by atoms with Crippen LogP contribution >= 0.6 is 0 Å². The molecule has 0 heterocycles. The molecule has 9 heteroatoms. The second kappa shape index (κ2) is 8.61. The summed E-state index contributed by atoms with van der Waals surface area (Å²) in [5.41, 5.74) is -0.792. The highest BCUT2D eigenvalue weighted by atomic mass is 19.1. The van der Waals surface area contributed by atoms with Gasteiger partial charge in [-0.1, -0.05) is 0 Å². The Morgan fingerprint density at radius 1 is 1.40 bits per heavy atom. The standard InChI is InChI=1S/C16H23FN2O6/c1-10(18-15(20)25-16(2,3)4)8-24-9-11-6-12(17)14(23-5)13(7-11)19(21)22/h6-7,10H,8-9H2,1-5H3,(H,18,20)/t10-/m1/s1. The van der Waals surface area contributed by atoms with Gasteiger partial charge in [0, 0.05) is 6.07 Å². The molecular weight excluding hydrogens is 335 g/mol. The number of nitrogens with one attached hydrogen (secondary N) is 1. The molecule has 0 radical (unpaired) electrons. The lowest BCUT2D eigenvalue weighted by molar-refractivity contribution is -0.386. The monoisotopic (exact) mass is 358 g/mol. The van der Waals surface area contributed by atoms with E-state index >= 15 is 0 Å². The van der Waals surface area contributed by atoms with Crippen LogP contribution in [0.25, 0.3) is 0 Å². The van der Waals surface area contributed by atoms with Gasteiger partial charge in [0.25, 0.3) is 0 Å². The Balaban J connectivity index is 2.59.